The Hall–Kier alpha value is -2.20. The summed E-state index contributed by atoms with van der Waals surface area (Å²) < 4.78 is 0. The number of anilines is 1. The Morgan fingerprint density at radius 2 is 1.86 bits per heavy atom. The summed E-state index contributed by atoms with van der Waals surface area (Å²) in [5, 5.41) is 2.80. The van der Waals surface area contributed by atoms with Crippen molar-refractivity contribution in [1.29, 1.82) is 0 Å². The number of aryl methyl sites for hydroxylation is 2. The molecule has 21 heavy (non-hydrogen) atoms. The highest BCUT2D eigenvalue weighted by atomic mass is 16.1. The average Bonchev–Trinajstić information content (AvgIpc) is 2.50. The van der Waals surface area contributed by atoms with Gasteiger partial charge in [-0.25, -0.2) is 4.98 Å². The van der Waals surface area contributed by atoms with Crippen LogP contribution in [0.15, 0.2) is 42.6 Å². The van der Waals surface area contributed by atoms with Crippen LogP contribution in [0.4, 0.5) is 5.82 Å². The summed E-state index contributed by atoms with van der Waals surface area (Å²) >= 11 is 0. The van der Waals surface area contributed by atoms with Crippen molar-refractivity contribution in [3.63, 3.8) is 0 Å². The van der Waals surface area contributed by atoms with Crippen molar-refractivity contribution in [2.45, 2.75) is 32.7 Å². The van der Waals surface area contributed by atoms with Gasteiger partial charge in [0.25, 0.3) is 0 Å². The standard InChI is InChI=1S/C17H21N3O/c1-13-5-7-14(8-6-13)3-2-4-17(21)20-16-10-9-15(11-18)12-19-16/h5-10,12H,2-4,11,18H2,1H3,(H,19,20,21). The number of amides is 1. The highest BCUT2D eigenvalue weighted by Crippen LogP contribution is 2.09. The number of rotatable bonds is 6. The van der Waals surface area contributed by atoms with E-state index in [4.69, 9.17) is 5.73 Å². The summed E-state index contributed by atoms with van der Waals surface area (Å²) in [5.74, 6) is 0.572. The number of aromatic nitrogens is 1. The van der Waals surface area contributed by atoms with E-state index in [1.54, 1.807) is 12.3 Å². The molecule has 4 nitrogen and oxygen atoms in total. The molecule has 0 aliphatic rings. The predicted octanol–water partition coefficient (Wildman–Crippen LogP) is 2.81. The van der Waals surface area contributed by atoms with E-state index in [-0.39, 0.29) is 5.91 Å². The van der Waals surface area contributed by atoms with Crippen LogP contribution in [-0.2, 0) is 17.8 Å². The third kappa shape index (κ3) is 5.00. The Bertz CT molecular complexity index is 576. The highest BCUT2D eigenvalue weighted by Gasteiger charge is 2.03. The Labute approximate surface area is 125 Å². The second kappa shape index (κ2) is 7.55. The molecule has 0 spiro atoms. The first-order valence-electron chi connectivity index (χ1n) is 7.18. The largest absolute Gasteiger partial charge is 0.326 e. The van der Waals surface area contributed by atoms with E-state index in [1.165, 1.54) is 11.1 Å². The van der Waals surface area contributed by atoms with Crippen LogP contribution >= 0.6 is 0 Å². The normalized spacial score (nSPS) is 10.4. The van der Waals surface area contributed by atoms with Gasteiger partial charge < -0.3 is 11.1 Å². The van der Waals surface area contributed by atoms with Crippen molar-refractivity contribution in [3.05, 3.63) is 59.3 Å². The molecule has 0 aliphatic heterocycles. The zero-order chi connectivity index (χ0) is 15.1. The molecule has 0 unspecified atom stereocenters. The van der Waals surface area contributed by atoms with Gasteiger partial charge >= 0.3 is 0 Å². The van der Waals surface area contributed by atoms with E-state index < -0.39 is 0 Å². The number of nitrogens with two attached hydrogens (primary N) is 1. The lowest BCUT2D eigenvalue weighted by Gasteiger charge is -2.05. The molecular formula is C17H21N3O. The fraction of sp³-hybridized carbons (Fsp3) is 0.294. The molecule has 1 aromatic heterocycles. The number of benzene rings is 1. The minimum Gasteiger partial charge on any atom is -0.326 e. The van der Waals surface area contributed by atoms with Gasteiger partial charge in [-0.3, -0.25) is 4.79 Å². The molecule has 4 heteroatoms. The zero-order valence-corrected chi connectivity index (χ0v) is 12.3. The summed E-state index contributed by atoms with van der Waals surface area (Å²) in [5.41, 5.74) is 8.97. The zero-order valence-electron chi connectivity index (χ0n) is 12.3. The molecule has 0 atom stereocenters. The molecule has 2 aromatic rings. The number of carbonyl (C=O) groups excluding carboxylic acids is 1. The number of hydrogen-bond donors (Lipinski definition) is 2. The maximum Gasteiger partial charge on any atom is 0.225 e. The van der Waals surface area contributed by atoms with Gasteiger partial charge in [0.1, 0.15) is 5.82 Å². The number of pyridine rings is 1. The van der Waals surface area contributed by atoms with E-state index in [2.05, 4.69) is 41.5 Å². The molecule has 0 fully saturated rings. The summed E-state index contributed by atoms with van der Waals surface area (Å²) in [7, 11) is 0. The van der Waals surface area contributed by atoms with E-state index in [9.17, 15) is 4.79 Å². The van der Waals surface area contributed by atoms with Crippen molar-refractivity contribution >= 4 is 11.7 Å². The molecule has 0 aliphatic carbocycles. The smallest absolute Gasteiger partial charge is 0.225 e. The van der Waals surface area contributed by atoms with Crippen LogP contribution in [0.1, 0.15) is 29.5 Å². The molecule has 1 amide bonds. The number of nitrogens with zero attached hydrogens (tertiary/aromatic N) is 1. The molecule has 1 aromatic carbocycles. The van der Waals surface area contributed by atoms with Gasteiger partial charge in [-0.1, -0.05) is 35.9 Å². The maximum absolute atomic E-state index is 11.8. The van der Waals surface area contributed by atoms with Crippen LogP contribution in [0, 0.1) is 6.92 Å². The molecule has 0 saturated carbocycles. The van der Waals surface area contributed by atoms with Gasteiger partial charge in [0.15, 0.2) is 0 Å². The van der Waals surface area contributed by atoms with Gasteiger partial charge in [-0.05, 0) is 37.0 Å². The first-order chi connectivity index (χ1) is 10.2. The fourth-order valence-electron chi connectivity index (χ4n) is 2.03. The van der Waals surface area contributed by atoms with Crippen LogP contribution in [0.5, 0.6) is 0 Å². The van der Waals surface area contributed by atoms with Crippen LogP contribution < -0.4 is 11.1 Å². The molecule has 0 saturated heterocycles. The first kappa shape index (κ1) is 15.2. The monoisotopic (exact) mass is 283 g/mol. The average molecular weight is 283 g/mol. The van der Waals surface area contributed by atoms with Crippen LogP contribution in [0.2, 0.25) is 0 Å². The SMILES string of the molecule is Cc1ccc(CCCC(=O)Nc2ccc(CN)cn2)cc1. The number of hydrogen-bond acceptors (Lipinski definition) is 3. The Morgan fingerprint density at radius 1 is 1.14 bits per heavy atom. The van der Waals surface area contributed by atoms with Crippen molar-refractivity contribution in [2.75, 3.05) is 5.32 Å². The summed E-state index contributed by atoms with van der Waals surface area (Å²) in [4.78, 5) is 16.0. The van der Waals surface area contributed by atoms with Crippen molar-refractivity contribution in [3.8, 4) is 0 Å². The lowest BCUT2D eigenvalue weighted by molar-refractivity contribution is -0.116. The Morgan fingerprint density at radius 3 is 2.48 bits per heavy atom. The second-order valence-electron chi connectivity index (χ2n) is 5.14. The number of nitrogens with one attached hydrogen (secondary N) is 1. The second-order valence-corrected chi connectivity index (χ2v) is 5.14. The van der Waals surface area contributed by atoms with Crippen molar-refractivity contribution in [2.24, 2.45) is 5.73 Å². The first-order valence-corrected chi connectivity index (χ1v) is 7.18. The summed E-state index contributed by atoms with van der Waals surface area (Å²) in [6.45, 7) is 2.53. The Kier molecular flexibility index (Phi) is 5.46. The maximum atomic E-state index is 11.8. The fourth-order valence-corrected chi connectivity index (χ4v) is 2.03. The molecular weight excluding hydrogens is 262 g/mol. The van der Waals surface area contributed by atoms with Crippen LogP contribution in [0.25, 0.3) is 0 Å². The van der Waals surface area contributed by atoms with Gasteiger partial charge in [0, 0.05) is 19.2 Å². The molecule has 1 heterocycles. The highest BCUT2D eigenvalue weighted by molar-refractivity contribution is 5.89. The molecule has 0 bridgehead atoms. The minimum atomic E-state index is -0.00453. The van der Waals surface area contributed by atoms with E-state index in [0.717, 1.165) is 18.4 Å². The van der Waals surface area contributed by atoms with Crippen molar-refractivity contribution < 1.29 is 4.79 Å². The lowest BCUT2D eigenvalue weighted by atomic mass is 10.1. The van der Waals surface area contributed by atoms with E-state index in [0.29, 0.717) is 18.8 Å². The van der Waals surface area contributed by atoms with Gasteiger partial charge in [0.05, 0.1) is 0 Å². The third-order valence-electron chi connectivity index (χ3n) is 3.32. The van der Waals surface area contributed by atoms with E-state index in [1.807, 2.05) is 6.07 Å². The minimum absolute atomic E-state index is 0.00453. The third-order valence-corrected chi connectivity index (χ3v) is 3.32. The Balaban J connectivity index is 1.75. The van der Waals surface area contributed by atoms with Gasteiger partial charge in [-0.15, -0.1) is 0 Å². The van der Waals surface area contributed by atoms with E-state index >= 15 is 0 Å². The van der Waals surface area contributed by atoms with Gasteiger partial charge in [-0.2, -0.15) is 0 Å². The quantitative estimate of drug-likeness (QED) is 0.856. The predicted molar refractivity (Wildman–Crippen MR) is 84.9 cm³/mol. The number of carbonyl (C=O) groups is 1. The lowest BCUT2D eigenvalue weighted by Crippen LogP contribution is -2.12. The van der Waals surface area contributed by atoms with Crippen molar-refractivity contribution in [1.82, 2.24) is 4.98 Å². The molecule has 110 valence electrons. The molecule has 3 N–H and O–H groups in total. The van der Waals surface area contributed by atoms with Crippen LogP contribution in [0.3, 0.4) is 0 Å². The molecule has 0 radical (unpaired) electrons. The van der Waals surface area contributed by atoms with Crippen LogP contribution in [-0.4, -0.2) is 10.9 Å². The molecule has 2 rings (SSSR count). The summed E-state index contributed by atoms with van der Waals surface area (Å²) in [6.07, 6.45) is 3.92. The topological polar surface area (TPSA) is 68.0 Å². The summed E-state index contributed by atoms with van der Waals surface area (Å²) in [6, 6.07) is 12.1. The van der Waals surface area contributed by atoms with Gasteiger partial charge in [0.2, 0.25) is 5.91 Å².